The molecule has 8 heteroatoms. The van der Waals surface area contributed by atoms with E-state index >= 15 is 0 Å². The van der Waals surface area contributed by atoms with Crippen molar-refractivity contribution in [2.75, 3.05) is 19.3 Å². The molecule has 3 rings (SSSR count). The summed E-state index contributed by atoms with van der Waals surface area (Å²) in [5.41, 5.74) is 2.72. The summed E-state index contributed by atoms with van der Waals surface area (Å²) in [4.78, 5) is 8.97. The molecule has 0 aliphatic carbocycles. The second kappa shape index (κ2) is 5.77. The number of sulfonamides is 1. The van der Waals surface area contributed by atoms with Crippen LogP contribution in [0, 0.1) is 0 Å². The van der Waals surface area contributed by atoms with Gasteiger partial charge in [0.2, 0.25) is 10.0 Å². The fourth-order valence-electron chi connectivity index (χ4n) is 2.87. The van der Waals surface area contributed by atoms with Gasteiger partial charge in [-0.25, -0.2) is 12.7 Å². The summed E-state index contributed by atoms with van der Waals surface area (Å²) >= 11 is 0. The Kier molecular flexibility index (Phi) is 3.96. The van der Waals surface area contributed by atoms with Crippen LogP contribution in [0.3, 0.4) is 0 Å². The van der Waals surface area contributed by atoms with E-state index in [1.54, 1.807) is 23.3 Å². The number of hydrogen-bond donors (Lipinski definition) is 0. The number of piperidine rings is 1. The number of aromatic nitrogens is 4. The summed E-state index contributed by atoms with van der Waals surface area (Å²) in [5.74, 6) is 0.224. The maximum absolute atomic E-state index is 11.6. The maximum Gasteiger partial charge on any atom is 0.211 e. The molecule has 1 aliphatic heterocycles. The minimum absolute atomic E-state index is 0.224. The highest BCUT2D eigenvalue weighted by atomic mass is 32.2. The van der Waals surface area contributed by atoms with Crippen LogP contribution in [0.25, 0.3) is 11.3 Å². The Balaban J connectivity index is 1.85. The van der Waals surface area contributed by atoms with Gasteiger partial charge < -0.3 is 0 Å². The molecule has 3 heterocycles. The van der Waals surface area contributed by atoms with Crippen LogP contribution < -0.4 is 0 Å². The molecule has 0 unspecified atom stereocenters. The van der Waals surface area contributed by atoms with E-state index in [4.69, 9.17) is 0 Å². The first kappa shape index (κ1) is 15.1. The van der Waals surface area contributed by atoms with Crippen LogP contribution in [0.2, 0.25) is 0 Å². The van der Waals surface area contributed by atoms with Gasteiger partial charge in [-0.15, -0.1) is 0 Å². The number of aryl methyl sites for hydroxylation is 1. The third kappa shape index (κ3) is 3.02. The van der Waals surface area contributed by atoms with Crippen LogP contribution in [-0.4, -0.2) is 51.8 Å². The maximum atomic E-state index is 11.6. The van der Waals surface area contributed by atoms with Crippen molar-refractivity contribution in [2.24, 2.45) is 7.05 Å². The predicted octanol–water partition coefficient (Wildman–Crippen LogP) is 1.02. The van der Waals surface area contributed by atoms with Crippen LogP contribution in [-0.2, 0) is 17.1 Å². The fraction of sp³-hybridized carbons (Fsp3) is 0.500. The van der Waals surface area contributed by atoms with Crippen molar-refractivity contribution in [3.05, 3.63) is 30.5 Å². The van der Waals surface area contributed by atoms with Gasteiger partial charge in [0, 0.05) is 50.2 Å². The van der Waals surface area contributed by atoms with Crippen LogP contribution in [0.4, 0.5) is 0 Å². The summed E-state index contributed by atoms with van der Waals surface area (Å²) in [6.07, 6.45) is 9.85. The molecule has 1 saturated heterocycles. The molecular formula is C14H19N5O2S. The molecule has 1 aliphatic rings. The van der Waals surface area contributed by atoms with Crippen LogP contribution in [0.1, 0.15) is 24.5 Å². The average Bonchev–Trinajstić information content (AvgIpc) is 2.93. The van der Waals surface area contributed by atoms with Crippen molar-refractivity contribution in [3.8, 4) is 11.3 Å². The summed E-state index contributed by atoms with van der Waals surface area (Å²) in [5, 5.41) is 4.18. The van der Waals surface area contributed by atoms with Crippen LogP contribution in [0.15, 0.2) is 24.8 Å². The fourth-order valence-corrected chi connectivity index (χ4v) is 3.75. The van der Waals surface area contributed by atoms with E-state index in [1.807, 2.05) is 13.2 Å². The van der Waals surface area contributed by atoms with Crippen molar-refractivity contribution in [3.63, 3.8) is 0 Å². The smallest absolute Gasteiger partial charge is 0.211 e. The van der Waals surface area contributed by atoms with Crippen molar-refractivity contribution < 1.29 is 8.42 Å². The molecular weight excluding hydrogens is 302 g/mol. The SMILES string of the molecule is Cn1cc(-c2nccnc2C2CCN(S(C)(=O)=O)CC2)cn1. The van der Waals surface area contributed by atoms with E-state index < -0.39 is 10.0 Å². The highest BCUT2D eigenvalue weighted by molar-refractivity contribution is 7.88. The first-order valence-corrected chi connectivity index (χ1v) is 9.05. The van der Waals surface area contributed by atoms with E-state index in [2.05, 4.69) is 15.1 Å². The van der Waals surface area contributed by atoms with Crippen molar-refractivity contribution in [2.45, 2.75) is 18.8 Å². The van der Waals surface area contributed by atoms with E-state index in [0.29, 0.717) is 13.1 Å². The minimum Gasteiger partial charge on any atom is -0.275 e. The van der Waals surface area contributed by atoms with Gasteiger partial charge >= 0.3 is 0 Å². The lowest BCUT2D eigenvalue weighted by molar-refractivity contribution is 0.318. The first-order chi connectivity index (χ1) is 10.4. The Morgan fingerprint density at radius 2 is 1.86 bits per heavy atom. The zero-order chi connectivity index (χ0) is 15.7. The van der Waals surface area contributed by atoms with Gasteiger partial charge in [-0.05, 0) is 12.8 Å². The van der Waals surface area contributed by atoms with Crippen LogP contribution in [0.5, 0.6) is 0 Å². The summed E-state index contributed by atoms with van der Waals surface area (Å²) in [6.45, 7) is 1.07. The molecule has 7 nitrogen and oxygen atoms in total. The highest BCUT2D eigenvalue weighted by Crippen LogP contribution is 2.32. The minimum atomic E-state index is -3.11. The molecule has 118 valence electrons. The number of rotatable bonds is 3. The van der Waals surface area contributed by atoms with Gasteiger partial charge in [0.15, 0.2) is 0 Å². The van der Waals surface area contributed by atoms with Crippen molar-refractivity contribution in [1.29, 1.82) is 0 Å². The summed E-state index contributed by atoms with van der Waals surface area (Å²) in [7, 11) is -1.24. The second-order valence-electron chi connectivity index (χ2n) is 5.63. The lowest BCUT2D eigenvalue weighted by Crippen LogP contribution is -2.37. The van der Waals surface area contributed by atoms with Gasteiger partial charge in [-0.1, -0.05) is 0 Å². The molecule has 0 amide bonds. The van der Waals surface area contributed by atoms with E-state index in [0.717, 1.165) is 29.8 Å². The average molecular weight is 321 g/mol. The van der Waals surface area contributed by atoms with Crippen molar-refractivity contribution >= 4 is 10.0 Å². The second-order valence-corrected chi connectivity index (χ2v) is 7.61. The van der Waals surface area contributed by atoms with Crippen molar-refractivity contribution in [1.82, 2.24) is 24.1 Å². The van der Waals surface area contributed by atoms with Gasteiger partial charge in [-0.2, -0.15) is 5.10 Å². The Bertz CT molecular complexity index is 763. The zero-order valence-corrected chi connectivity index (χ0v) is 13.5. The highest BCUT2D eigenvalue weighted by Gasteiger charge is 2.28. The Labute approximate surface area is 130 Å². The van der Waals surface area contributed by atoms with Gasteiger partial charge in [0.1, 0.15) is 0 Å². The Morgan fingerprint density at radius 3 is 2.45 bits per heavy atom. The molecule has 22 heavy (non-hydrogen) atoms. The first-order valence-electron chi connectivity index (χ1n) is 7.20. The third-order valence-corrected chi connectivity index (χ3v) is 5.32. The van der Waals surface area contributed by atoms with Crippen LogP contribution >= 0.6 is 0 Å². The summed E-state index contributed by atoms with van der Waals surface area (Å²) in [6, 6.07) is 0. The molecule has 0 N–H and O–H groups in total. The van der Waals surface area contributed by atoms with Gasteiger partial charge in [0.05, 0.1) is 23.8 Å². The van der Waals surface area contributed by atoms with E-state index in [-0.39, 0.29) is 5.92 Å². The van der Waals surface area contributed by atoms with E-state index in [1.165, 1.54) is 10.6 Å². The topological polar surface area (TPSA) is 81.0 Å². The monoisotopic (exact) mass is 321 g/mol. The number of hydrogen-bond acceptors (Lipinski definition) is 5. The molecule has 0 spiro atoms. The molecule has 2 aromatic rings. The Hall–Kier alpha value is -1.80. The Morgan fingerprint density at radius 1 is 1.18 bits per heavy atom. The molecule has 2 aromatic heterocycles. The molecule has 0 atom stereocenters. The molecule has 1 fully saturated rings. The lowest BCUT2D eigenvalue weighted by atomic mass is 9.92. The zero-order valence-electron chi connectivity index (χ0n) is 12.7. The predicted molar refractivity (Wildman–Crippen MR) is 82.6 cm³/mol. The standard InChI is InChI=1S/C14H19N5O2S/c1-18-10-12(9-17-18)14-13(15-5-6-16-14)11-3-7-19(8-4-11)22(2,20)21/h5-6,9-11H,3-4,7-8H2,1-2H3. The molecule has 0 bridgehead atoms. The van der Waals surface area contributed by atoms with Gasteiger partial charge in [0.25, 0.3) is 0 Å². The van der Waals surface area contributed by atoms with E-state index in [9.17, 15) is 8.42 Å². The number of nitrogens with zero attached hydrogens (tertiary/aromatic N) is 5. The molecule has 0 aromatic carbocycles. The normalized spacial score (nSPS) is 17.7. The van der Waals surface area contributed by atoms with Gasteiger partial charge in [-0.3, -0.25) is 14.6 Å². The molecule has 0 radical (unpaired) electrons. The summed E-state index contributed by atoms with van der Waals surface area (Å²) < 4.78 is 26.5. The lowest BCUT2D eigenvalue weighted by Gasteiger charge is -2.30. The molecule has 0 saturated carbocycles. The third-order valence-electron chi connectivity index (χ3n) is 4.01. The largest absolute Gasteiger partial charge is 0.275 e. The quantitative estimate of drug-likeness (QED) is 0.843.